The van der Waals surface area contributed by atoms with Crippen LogP contribution in [0.4, 0.5) is 4.79 Å². The van der Waals surface area contributed by atoms with Crippen molar-refractivity contribution in [1.29, 1.82) is 0 Å². The molecule has 158 valence electrons. The van der Waals surface area contributed by atoms with Crippen molar-refractivity contribution in [3.8, 4) is 5.69 Å². The molecular weight excluding hydrogens is 443 g/mol. The van der Waals surface area contributed by atoms with Crippen LogP contribution >= 0.6 is 23.2 Å². The second-order valence-electron chi connectivity index (χ2n) is 6.62. The minimum atomic E-state index is -3.27. The first-order valence-electron chi connectivity index (χ1n) is 8.90. The van der Waals surface area contributed by atoms with Gasteiger partial charge in [0.15, 0.2) is 0 Å². The van der Waals surface area contributed by atoms with Gasteiger partial charge in [0.05, 0.1) is 16.3 Å². The normalized spacial score (nSPS) is 16.1. The number of para-hydroxylation sites is 1. The van der Waals surface area contributed by atoms with Crippen LogP contribution in [0.1, 0.15) is 19.8 Å². The average Bonchev–Trinajstić information content (AvgIpc) is 3.03. The second kappa shape index (κ2) is 8.42. The van der Waals surface area contributed by atoms with E-state index in [4.69, 9.17) is 23.2 Å². The Kier molecular flexibility index (Phi) is 6.32. The summed E-state index contributed by atoms with van der Waals surface area (Å²) in [5.41, 5.74) is -0.651. The van der Waals surface area contributed by atoms with Gasteiger partial charge in [0.1, 0.15) is 5.69 Å². The zero-order chi connectivity index (χ0) is 21.3. The number of rotatable bonds is 4. The highest BCUT2D eigenvalue weighted by Crippen LogP contribution is 2.26. The lowest BCUT2D eigenvalue weighted by atomic mass is 10.1. The van der Waals surface area contributed by atoms with E-state index in [2.05, 4.69) is 10.4 Å². The van der Waals surface area contributed by atoms with Crippen LogP contribution in [-0.4, -0.2) is 75.4 Å². The van der Waals surface area contributed by atoms with E-state index in [0.29, 0.717) is 37.2 Å². The topological polar surface area (TPSA) is 110 Å². The molecule has 0 saturated carbocycles. The molecule has 0 unspecified atom stereocenters. The third-order valence-electron chi connectivity index (χ3n) is 4.83. The van der Waals surface area contributed by atoms with Crippen LogP contribution in [0, 0.1) is 0 Å². The Balaban J connectivity index is 1.85. The van der Waals surface area contributed by atoms with E-state index < -0.39 is 21.7 Å². The number of sulfonamides is 1. The van der Waals surface area contributed by atoms with Gasteiger partial charge in [-0.1, -0.05) is 29.3 Å². The van der Waals surface area contributed by atoms with Gasteiger partial charge < -0.3 is 4.90 Å². The Bertz CT molecular complexity index is 1060. The van der Waals surface area contributed by atoms with Crippen LogP contribution in [0.3, 0.4) is 0 Å². The molecule has 2 heterocycles. The molecule has 1 saturated heterocycles. The molecule has 1 aromatic carbocycles. The molecule has 29 heavy (non-hydrogen) atoms. The van der Waals surface area contributed by atoms with Crippen molar-refractivity contribution in [2.45, 2.75) is 25.8 Å². The number of aromatic nitrogens is 4. The van der Waals surface area contributed by atoms with Gasteiger partial charge in [-0.15, -0.1) is 4.68 Å². The standard InChI is InChI=1S/C16H20Cl2N6O4S/c1-3-22(11-7-9-21(10-8-11)29(2,27)28)15(25)24-16(26)23(19-20-24)14-12(17)5-4-6-13(14)18/h4-6,11H,3,7-10H2,1-2H3. The van der Waals surface area contributed by atoms with Gasteiger partial charge in [-0.25, -0.2) is 22.3 Å². The largest absolute Gasteiger partial charge is 0.377 e. The van der Waals surface area contributed by atoms with Crippen LogP contribution in [0.15, 0.2) is 23.0 Å². The van der Waals surface area contributed by atoms with E-state index >= 15 is 0 Å². The highest BCUT2D eigenvalue weighted by Gasteiger charge is 2.32. The van der Waals surface area contributed by atoms with E-state index in [1.54, 1.807) is 25.1 Å². The smallest absolute Gasteiger partial charge is 0.320 e. The predicted molar refractivity (Wildman–Crippen MR) is 108 cm³/mol. The zero-order valence-corrected chi connectivity index (χ0v) is 18.2. The molecule has 3 rings (SSSR count). The maximum absolute atomic E-state index is 13.0. The molecule has 1 fully saturated rings. The van der Waals surface area contributed by atoms with Gasteiger partial charge in [-0.05, 0) is 42.3 Å². The third kappa shape index (κ3) is 4.32. The number of hydrogen-bond donors (Lipinski definition) is 0. The molecular formula is C16H20Cl2N6O4S. The van der Waals surface area contributed by atoms with Crippen LogP contribution in [0.5, 0.6) is 0 Å². The molecule has 0 atom stereocenters. The molecule has 2 aromatic rings. The summed E-state index contributed by atoms with van der Waals surface area (Å²) in [4.78, 5) is 27.2. The van der Waals surface area contributed by atoms with Crippen molar-refractivity contribution in [2.75, 3.05) is 25.9 Å². The van der Waals surface area contributed by atoms with E-state index in [0.717, 1.165) is 10.9 Å². The number of halogens is 2. The molecule has 1 aliphatic heterocycles. The highest BCUT2D eigenvalue weighted by molar-refractivity contribution is 7.88. The van der Waals surface area contributed by atoms with Crippen LogP contribution in [0.2, 0.25) is 10.0 Å². The van der Waals surface area contributed by atoms with E-state index in [1.807, 2.05) is 0 Å². The molecule has 0 bridgehead atoms. The third-order valence-corrected chi connectivity index (χ3v) is 6.74. The molecule has 0 N–H and O–H groups in total. The van der Waals surface area contributed by atoms with Gasteiger partial charge in [0.25, 0.3) is 0 Å². The van der Waals surface area contributed by atoms with Crippen LogP contribution in [-0.2, 0) is 10.0 Å². The van der Waals surface area contributed by atoms with E-state index in [-0.39, 0.29) is 21.8 Å². The number of amides is 1. The fourth-order valence-corrected chi connectivity index (χ4v) is 4.79. The molecule has 0 radical (unpaired) electrons. The Morgan fingerprint density at radius 1 is 1.21 bits per heavy atom. The molecule has 1 aromatic heterocycles. The van der Waals surface area contributed by atoms with Crippen molar-refractivity contribution >= 4 is 39.3 Å². The summed E-state index contributed by atoms with van der Waals surface area (Å²) in [6.07, 6.45) is 2.09. The Morgan fingerprint density at radius 3 is 2.31 bits per heavy atom. The van der Waals surface area contributed by atoms with Crippen molar-refractivity contribution in [1.82, 2.24) is 29.0 Å². The number of nitrogens with zero attached hydrogens (tertiary/aromatic N) is 6. The number of piperidine rings is 1. The van der Waals surface area contributed by atoms with Gasteiger partial charge in [-0.2, -0.15) is 4.68 Å². The summed E-state index contributed by atoms with van der Waals surface area (Å²) in [7, 11) is -3.27. The zero-order valence-electron chi connectivity index (χ0n) is 15.8. The Labute approximate surface area is 177 Å². The lowest BCUT2D eigenvalue weighted by Gasteiger charge is -2.36. The Morgan fingerprint density at radius 2 is 1.79 bits per heavy atom. The number of benzene rings is 1. The van der Waals surface area contributed by atoms with Gasteiger partial charge in [-0.3, -0.25) is 0 Å². The number of carbonyl (C=O) groups excluding carboxylic acids is 1. The number of carbonyl (C=O) groups is 1. The first-order valence-corrected chi connectivity index (χ1v) is 11.5. The minimum Gasteiger partial charge on any atom is -0.320 e. The lowest BCUT2D eigenvalue weighted by molar-refractivity contribution is 0.147. The predicted octanol–water partition coefficient (Wildman–Crippen LogP) is 1.45. The number of tetrazole rings is 1. The SMILES string of the molecule is CCN(C(=O)n1nnn(-c2c(Cl)cccc2Cl)c1=O)C1CCN(S(C)(=O)=O)CC1. The molecule has 13 heteroatoms. The van der Waals surface area contributed by atoms with Gasteiger partial charge in [0.2, 0.25) is 10.0 Å². The molecule has 0 aliphatic carbocycles. The van der Waals surface area contributed by atoms with Crippen molar-refractivity contribution < 1.29 is 13.2 Å². The quantitative estimate of drug-likeness (QED) is 0.635. The first kappa shape index (κ1) is 21.8. The van der Waals surface area contributed by atoms with Gasteiger partial charge in [0, 0.05) is 25.7 Å². The van der Waals surface area contributed by atoms with Crippen molar-refractivity contribution in [3.63, 3.8) is 0 Å². The summed E-state index contributed by atoms with van der Waals surface area (Å²) in [6, 6.07) is 3.86. The minimum absolute atomic E-state index is 0.143. The first-order chi connectivity index (χ1) is 13.6. The summed E-state index contributed by atoms with van der Waals surface area (Å²) in [5.74, 6) is 0. The summed E-state index contributed by atoms with van der Waals surface area (Å²) < 4.78 is 26.3. The fraction of sp³-hybridized carbons (Fsp3) is 0.500. The van der Waals surface area contributed by atoms with Gasteiger partial charge >= 0.3 is 11.7 Å². The molecule has 0 spiro atoms. The lowest BCUT2D eigenvalue weighted by Crippen LogP contribution is -2.51. The van der Waals surface area contributed by atoms with E-state index in [1.165, 1.54) is 9.21 Å². The molecule has 1 amide bonds. The highest BCUT2D eigenvalue weighted by atomic mass is 35.5. The van der Waals surface area contributed by atoms with Crippen molar-refractivity contribution in [3.05, 3.63) is 38.7 Å². The maximum Gasteiger partial charge on any atom is 0.377 e. The second-order valence-corrected chi connectivity index (χ2v) is 9.41. The average molecular weight is 463 g/mol. The fourth-order valence-electron chi connectivity index (χ4n) is 3.35. The maximum atomic E-state index is 13.0. The van der Waals surface area contributed by atoms with Crippen LogP contribution < -0.4 is 5.69 Å². The van der Waals surface area contributed by atoms with Crippen molar-refractivity contribution in [2.24, 2.45) is 0 Å². The summed E-state index contributed by atoms with van der Waals surface area (Å²) in [5, 5.41) is 7.83. The summed E-state index contributed by atoms with van der Waals surface area (Å²) >= 11 is 12.2. The molecule has 1 aliphatic rings. The molecule has 10 nitrogen and oxygen atoms in total. The van der Waals surface area contributed by atoms with Crippen LogP contribution in [0.25, 0.3) is 5.69 Å². The van der Waals surface area contributed by atoms with E-state index in [9.17, 15) is 18.0 Å². The number of hydrogen-bond acceptors (Lipinski definition) is 6. The monoisotopic (exact) mass is 462 g/mol. The summed E-state index contributed by atoms with van der Waals surface area (Å²) in [6.45, 7) is 2.73. The Hall–Kier alpha value is -1.95.